The fourth-order valence-corrected chi connectivity index (χ4v) is 2.80. The predicted octanol–water partition coefficient (Wildman–Crippen LogP) is 5.79. The Morgan fingerprint density at radius 1 is 0.962 bits per heavy atom. The van der Waals surface area contributed by atoms with Crippen LogP contribution in [0.15, 0.2) is 24.3 Å². The van der Waals surface area contributed by atoms with Crippen molar-refractivity contribution < 1.29 is 18.0 Å². The molecule has 0 fully saturated rings. The van der Waals surface area contributed by atoms with Gasteiger partial charge in [-0.25, -0.2) is 0 Å². The topological polar surface area (TPSA) is 29.1 Å². The molecule has 0 radical (unpaired) electrons. The Bertz CT molecular complexity index is 586. The van der Waals surface area contributed by atoms with Crippen molar-refractivity contribution in [2.24, 2.45) is 5.41 Å². The molecular formula is C21H32F3NO. The van der Waals surface area contributed by atoms with Crippen LogP contribution < -0.4 is 5.32 Å². The van der Waals surface area contributed by atoms with E-state index in [1.807, 2.05) is 20.8 Å². The lowest BCUT2D eigenvalue weighted by molar-refractivity contribution is -0.137. The lowest BCUT2D eigenvalue weighted by atomic mass is 9.79. The summed E-state index contributed by atoms with van der Waals surface area (Å²) in [5.41, 5.74) is -0.606. The number of benzene rings is 1. The number of halogens is 3. The van der Waals surface area contributed by atoms with Crippen molar-refractivity contribution in [3.63, 3.8) is 0 Å². The Labute approximate surface area is 155 Å². The number of alkyl halides is 3. The Hall–Kier alpha value is -1.36. The molecule has 0 spiro atoms. The quantitative estimate of drug-likeness (QED) is 0.595. The maximum absolute atomic E-state index is 13.1. The van der Waals surface area contributed by atoms with Gasteiger partial charge in [0.1, 0.15) is 0 Å². The number of carbonyl (C=O) groups is 1. The van der Waals surface area contributed by atoms with Gasteiger partial charge in [-0.05, 0) is 50.3 Å². The SMILES string of the molecule is CCC(C)(CC)N[C@@H](Cc1ccc(C(F)(F)F)cc1)C(=O)C(C)(C)CC. The van der Waals surface area contributed by atoms with Crippen LogP contribution in [0.2, 0.25) is 0 Å². The van der Waals surface area contributed by atoms with Crippen LogP contribution in [0.5, 0.6) is 0 Å². The number of carbonyl (C=O) groups excluding carboxylic acids is 1. The fraction of sp³-hybridized carbons (Fsp3) is 0.667. The second kappa shape index (κ2) is 8.55. The highest BCUT2D eigenvalue weighted by atomic mass is 19.4. The minimum absolute atomic E-state index is 0.105. The average Bonchev–Trinajstić information content (AvgIpc) is 2.60. The van der Waals surface area contributed by atoms with E-state index in [0.717, 1.165) is 30.5 Å². The zero-order chi connectivity index (χ0) is 20.2. The first-order valence-corrected chi connectivity index (χ1v) is 9.36. The smallest absolute Gasteiger partial charge is 0.302 e. The molecule has 0 amide bonds. The maximum Gasteiger partial charge on any atom is 0.416 e. The van der Waals surface area contributed by atoms with E-state index in [-0.39, 0.29) is 11.3 Å². The molecule has 0 saturated heterocycles. The van der Waals surface area contributed by atoms with Crippen LogP contribution >= 0.6 is 0 Å². The van der Waals surface area contributed by atoms with Gasteiger partial charge in [-0.3, -0.25) is 4.79 Å². The van der Waals surface area contributed by atoms with Crippen molar-refractivity contribution in [2.75, 3.05) is 0 Å². The van der Waals surface area contributed by atoms with Crippen LogP contribution in [-0.4, -0.2) is 17.4 Å². The predicted molar refractivity (Wildman–Crippen MR) is 100 cm³/mol. The zero-order valence-corrected chi connectivity index (χ0v) is 16.8. The summed E-state index contributed by atoms with van der Waals surface area (Å²) >= 11 is 0. The number of ketones is 1. The Kier molecular flexibility index (Phi) is 7.46. The molecule has 1 rings (SSSR count). The molecule has 148 valence electrons. The maximum atomic E-state index is 13.1. The van der Waals surface area contributed by atoms with Gasteiger partial charge in [0, 0.05) is 11.0 Å². The Morgan fingerprint density at radius 3 is 1.85 bits per heavy atom. The molecule has 26 heavy (non-hydrogen) atoms. The molecular weight excluding hydrogens is 339 g/mol. The summed E-state index contributed by atoms with van der Waals surface area (Å²) in [6.45, 7) is 12.0. The van der Waals surface area contributed by atoms with Gasteiger partial charge in [0.25, 0.3) is 0 Å². The highest BCUT2D eigenvalue weighted by Crippen LogP contribution is 2.30. The summed E-state index contributed by atoms with van der Waals surface area (Å²) in [6, 6.07) is 4.69. The molecule has 0 unspecified atom stereocenters. The second-order valence-corrected chi connectivity index (χ2v) is 7.97. The van der Waals surface area contributed by atoms with Gasteiger partial charge >= 0.3 is 6.18 Å². The molecule has 1 aromatic carbocycles. The Balaban J connectivity index is 3.11. The van der Waals surface area contributed by atoms with E-state index in [1.54, 1.807) is 0 Å². The summed E-state index contributed by atoms with van der Waals surface area (Å²) in [7, 11) is 0. The molecule has 2 nitrogen and oxygen atoms in total. The number of nitrogens with one attached hydrogen (secondary N) is 1. The summed E-state index contributed by atoms with van der Waals surface area (Å²) in [6.07, 6.45) is -1.51. The summed E-state index contributed by atoms with van der Waals surface area (Å²) in [5, 5.41) is 3.49. The molecule has 0 aromatic heterocycles. The molecule has 0 aliphatic rings. The number of rotatable bonds is 9. The monoisotopic (exact) mass is 371 g/mol. The third-order valence-corrected chi connectivity index (χ3v) is 5.67. The lowest BCUT2D eigenvalue weighted by Crippen LogP contribution is -2.54. The first kappa shape index (κ1) is 22.7. The van der Waals surface area contributed by atoms with Gasteiger partial charge in [-0.15, -0.1) is 0 Å². The van der Waals surface area contributed by atoms with Crippen LogP contribution in [-0.2, 0) is 17.4 Å². The van der Waals surface area contributed by atoms with Crippen molar-refractivity contribution in [1.82, 2.24) is 5.32 Å². The summed E-state index contributed by atoms with van der Waals surface area (Å²) in [5.74, 6) is 0.105. The fourth-order valence-electron chi connectivity index (χ4n) is 2.80. The zero-order valence-electron chi connectivity index (χ0n) is 16.8. The van der Waals surface area contributed by atoms with Crippen LogP contribution in [0.3, 0.4) is 0 Å². The van der Waals surface area contributed by atoms with Crippen LogP contribution in [0.4, 0.5) is 13.2 Å². The second-order valence-electron chi connectivity index (χ2n) is 7.97. The van der Waals surface area contributed by atoms with E-state index in [2.05, 4.69) is 26.1 Å². The molecule has 1 N–H and O–H groups in total. The van der Waals surface area contributed by atoms with Crippen molar-refractivity contribution in [2.45, 2.75) is 85.0 Å². The van der Waals surface area contributed by atoms with Gasteiger partial charge in [-0.1, -0.05) is 46.8 Å². The van der Waals surface area contributed by atoms with Crippen molar-refractivity contribution in [3.8, 4) is 0 Å². The van der Waals surface area contributed by atoms with Crippen LogP contribution in [0.25, 0.3) is 0 Å². The molecule has 0 bridgehead atoms. The van der Waals surface area contributed by atoms with Gasteiger partial charge < -0.3 is 5.32 Å². The van der Waals surface area contributed by atoms with Crippen molar-refractivity contribution >= 4 is 5.78 Å². The average molecular weight is 371 g/mol. The number of Topliss-reactive ketones (excluding diaryl/α,β-unsaturated/α-hetero) is 1. The van der Waals surface area contributed by atoms with E-state index in [4.69, 9.17) is 0 Å². The molecule has 5 heteroatoms. The Morgan fingerprint density at radius 2 is 1.46 bits per heavy atom. The molecule has 0 aliphatic heterocycles. The van der Waals surface area contributed by atoms with Gasteiger partial charge in [-0.2, -0.15) is 13.2 Å². The number of hydrogen-bond acceptors (Lipinski definition) is 2. The van der Waals surface area contributed by atoms with Crippen molar-refractivity contribution in [1.29, 1.82) is 0 Å². The van der Waals surface area contributed by atoms with E-state index in [1.165, 1.54) is 12.1 Å². The molecule has 1 atom stereocenters. The van der Waals surface area contributed by atoms with Gasteiger partial charge in [0.2, 0.25) is 0 Å². The minimum Gasteiger partial charge on any atom is -0.302 e. The molecule has 1 aromatic rings. The third kappa shape index (κ3) is 5.83. The van der Waals surface area contributed by atoms with E-state index in [9.17, 15) is 18.0 Å². The van der Waals surface area contributed by atoms with Gasteiger partial charge in [0.15, 0.2) is 5.78 Å². The number of hydrogen-bond donors (Lipinski definition) is 1. The minimum atomic E-state index is -4.35. The normalized spacial score (nSPS) is 14.3. The largest absolute Gasteiger partial charge is 0.416 e. The lowest BCUT2D eigenvalue weighted by Gasteiger charge is -2.36. The van der Waals surface area contributed by atoms with Gasteiger partial charge in [0.05, 0.1) is 11.6 Å². The molecule has 0 heterocycles. The van der Waals surface area contributed by atoms with Crippen molar-refractivity contribution in [3.05, 3.63) is 35.4 Å². The standard InChI is InChI=1S/C21H32F3NO/c1-7-19(4,5)18(26)17(25-20(6,8-2)9-3)14-15-10-12-16(13-11-15)21(22,23)24/h10-13,17,25H,7-9,14H2,1-6H3/t17-/m0/s1. The molecule has 0 saturated carbocycles. The third-order valence-electron chi connectivity index (χ3n) is 5.67. The van der Waals surface area contributed by atoms with E-state index >= 15 is 0 Å². The highest BCUT2D eigenvalue weighted by Gasteiger charge is 2.36. The molecule has 0 aliphatic carbocycles. The van der Waals surface area contributed by atoms with Crippen LogP contribution in [0, 0.1) is 5.41 Å². The van der Waals surface area contributed by atoms with E-state index in [0.29, 0.717) is 12.8 Å². The van der Waals surface area contributed by atoms with E-state index < -0.39 is 23.2 Å². The summed E-state index contributed by atoms with van der Waals surface area (Å²) < 4.78 is 38.3. The first-order chi connectivity index (χ1) is 11.9. The summed E-state index contributed by atoms with van der Waals surface area (Å²) in [4.78, 5) is 13.1. The first-order valence-electron chi connectivity index (χ1n) is 9.36. The highest BCUT2D eigenvalue weighted by molar-refractivity contribution is 5.89. The van der Waals surface area contributed by atoms with Crippen LogP contribution in [0.1, 0.15) is 71.9 Å².